The van der Waals surface area contributed by atoms with Crippen molar-refractivity contribution in [2.75, 3.05) is 0 Å². The van der Waals surface area contributed by atoms with Gasteiger partial charge >= 0.3 is 43.4 Å². The van der Waals surface area contributed by atoms with Crippen LogP contribution in [0.1, 0.15) is 44.9 Å². The van der Waals surface area contributed by atoms with Crippen LogP contribution in [-0.2, 0) is 25.9 Å². The van der Waals surface area contributed by atoms with E-state index in [2.05, 4.69) is 45.6 Å². The van der Waals surface area contributed by atoms with Gasteiger partial charge in [-0.15, -0.1) is 32.9 Å². The molecule has 6 aromatic rings. The maximum absolute atomic E-state index is 13.9. The zero-order chi connectivity index (χ0) is 48.3. The number of aromatic carboxylic acids is 1. The maximum Gasteiger partial charge on any atom is 0.459 e. The van der Waals surface area contributed by atoms with E-state index < -0.39 is 83.8 Å². The molecule has 0 radical (unpaired) electrons. The highest BCUT2D eigenvalue weighted by Crippen LogP contribution is 2.50. The van der Waals surface area contributed by atoms with Gasteiger partial charge in [0.1, 0.15) is 20.1 Å². The summed E-state index contributed by atoms with van der Waals surface area (Å²) in [5.74, 6) is -17.6. The highest BCUT2D eigenvalue weighted by molar-refractivity contribution is 7.20. The summed E-state index contributed by atoms with van der Waals surface area (Å²) >= 11 is 13.6. The number of aromatic nitrogens is 10. The Morgan fingerprint density at radius 2 is 1.11 bits per heavy atom. The second-order valence-electron chi connectivity index (χ2n) is 12.9. The summed E-state index contributed by atoms with van der Waals surface area (Å²) in [6.07, 6.45) is -8.57. The van der Waals surface area contributed by atoms with Crippen molar-refractivity contribution < 1.29 is 85.6 Å². The monoisotopic (exact) mass is 1030 g/mol. The fourth-order valence-corrected chi connectivity index (χ4v) is 7.74. The number of nitrogens with one attached hydrogen (secondary N) is 1. The SMILES string of the molecule is Cn1nc(C(F)(F)C(F)(F)F)c(OC(F)F)c1-n1cc(-c2cc(C(=O)NC3CC3)c(Cl)s2)nn1.Cn1nc(C(F)(F)C(F)(F)F)c(OC(F)F)c1-n1cc(-c2cc(C(=O)O)c(Cl)s2)nn1. The lowest BCUT2D eigenvalue weighted by Gasteiger charge is -2.18. The number of alkyl halides is 14. The number of halogens is 16. The van der Waals surface area contributed by atoms with Gasteiger partial charge < -0.3 is 19.9 Å². The molecule has 65 heavy (non-hydrogen) atoms. The van der Waals surface area contributed by atoms with Gasteiger partial charge in [0.25, 0.3) is 5.91 Å². The Hall–Kier alpha value is -5.76. The highest BCUT2D eigenvalue weighted by Gasteiger charge is 2.64. The van der Waals surface area contributed by atoms with E-state index in [1.807, 2.05) is 0 Å². The zero-order valence-corrected chi connectivity index (χ0v) is 34.5. The predicted octanol–water partition coefficient (Wildman–Crippen LogP) is 8.87. The summed E-state index contributed by atoms with van der Waals surface area (Å²) in [5.41, 5.74) is -4.32. The van der Waals surface area contributed by atoms with Crippen molar-refractivity contribution in [3.8, 4) is 44.3 Å². The number of carbonyl (C=O) groups is 2. The largest absolute Gasteiger partial charge is 0.478 e. The van der Waals surface area contributed by atoms with Crippen LogP contribution in [0, 0.1) is 0 Å². The Labute approximate surface area is 367 Å². The molecule has 0 unspecified atom stereocenters. The maximum atomic E-state index is 13.9. The van der Waals surface area contributed by atoms with Gasteiger partial charge in [-0.3, -0.25) is 4.79 Å². The smallest absolute Gasteiger partial charge is 0.459 e. The molecular weight excluding hydrogens is 1010 g/mol. The van der Waals surface area contributed by atoms with Crippen LogP contribution in [0.2, 0.25) is 8.67 Å². The number of hydrogen-bond donors (Lipinski definition) is 2. The van der Waals surface area contributed by atoms with Crippen molar-refractivity contribution in [1.29, 1.82) is 0 Å². The van der Waals surface area contributed by atoms with Gasteiger partial charge in [0.2, 0.25) is 0 Å². The van der Waals surface area contributed by atoms with E-state index in [-0.39, 0.29) is 42.1 Å². The molecule has 0 bridgehead atoms. The van der Waals surface area contributed by atoms with Crippen LogP contribution in [0.25, 0.3) is 32.8 Å². The number of ether oxygens (including phenoxy) is 2. The van der Waals surface area contributed by atoms with E-state index in [1.165, 1.54) is 6.07 Å². The Bertz CT molecular complexity index is 2740. The third kappa shape index (κ3) is 9.78. The Morgan fingerprint density at radius 1 is 0.723 bits per heavy atom. The molecule has 0 saturated heterocycles. The summed E-state index contributed by atoms with van der Waals surface area (Å²) < 4.78 is 194. The average Bonchev–Trinajstić information content (AvgIpc) is 3.76. The molecule has 0 aliphatic heterocycles. The number of thiophene rings is 2. The van der Waals surface area contributed by atoms with Crippen molar-refractivity contribution in [3.63, 3.8) is 0 Å². The van der Waals surface area contributed by atoms with E-state index >= 15 is 0 Å². The quantitative estimate of drug-likeness (QED) is 0.106. The lowest BCUT2D eigenvalue weighted by molar-refractivity contribution is -0.291. The molecule has 6 aromatic heterocycles. The van der Waals surface area contributed by atoms with Gasteiger partial charge in [0.15, 0.2) is 34.5 Å². The van der Waals surface area contributed by atoms with E-state index in [4.69, 9.17) is 28.3 Å². The summed E-state index contributed by atoms with van der Waals surface area (Å²) in [7, 11) is 1.84. The summed E-state index contributed by atoms with van der Waals surface area (Å²) in [5, 5.41) is 32.4. The van der Waals surface area contributed by atoms with Gasteiger partial charge in [-0.1, -0.05) is 33.6 Å². The van der Waals surface area contributed by atoms with Crippen LogP contribution in [0.3, 0.4) is 0 Å². The molecule has 1 amide bonds. The summed E-state index contributed by atoms with van der Waals surface area (Å²) in [6.45, 7) is -7.50. The van der Waals surface area contributed by atoms with Crippen LogP contribution < -0.4 is 14.8 Å². The molecule has 352 valence electrons. The molecular formula is C31H19Cl2F14N11O5S2. The highest BCUT2D eigenvalue weighted by atomic mass is 35.5. The first-order chi connectivity index (χ1) is 30.0. The van der Waals surface area contributed by atoms with Crippen LogP contribution in [0.4, 0.5) is 61.5 Å². The Morgan fingerprint density at radius 3 is 1.45 bits per heavy atom. The lowest BCUT2D eigenvalue weighted by Crippen LogP contribution is -2.34. The minimum atomic E-state index is -6.15. The topological polar surface area (TPSA) is 182 Å². The third-order valence-electron chi connectivity index (χ3n) is 8.36. The molecule has 0 aromatic carbocycles. The molecule has 1 fully saturated rings. The molecule has 2 N–H and O–H groups in total. The normalized spacial score (nSPS) is 13.7. The van der Waals surface area contributed by atoms with Crippen LogP contribution in [0.15, 0.2) is 24.5 Å². The van der Waals surface area contributed by atoms with E-state index in [0.717, 1.165) is 68.1 Å². The van der Waals surface area contributed by atoms with Crippen LogP contribution in [-0.4, -0.2) is 98.1 Å². The first-order valence-electron chi connectivity index (χ1n) is 17.0. The molecule has 0 spiro atoms. The van der Waals surface area contributed by atoms with E-state index in [9.17, 15) is 71.1 Å². The molecule has 34 heteroatoms. The summed E-state index contributed by atoms with van der Waals surface area (Å²) in [6, 6.07) is 2.57. The van der Waals surface area contributed by atoms with Gasteiger partial charge in [0.05, 0.1) is 33.3 Å². The van der Waals surface area contributed by atoms with Gasteiger partial charge in [-0.25, -0.2) is 14.2 Å². The zero-order valence-electron chi connectivity index (χ0n) is 31.4. The van der Waals surface area contributed by atoms with Crippen LogP contribution >= 0.6 is 45.9 Å². The molecule has 1 aliphatic carbocycles. The van der Waals surface area contributed by atoms with Gasteiger partial charge in [-0.2, -0.15) is 81.0 Å². The molecule has 16 nitrogen and oxygen atoms in total. The number of hydrogen-bond acceptors (Lipinski definition) is 12. The van der Waals surface area contributed by atoms with Crippen molar-refractivity contribution >= 4 is 57.8 Å². The number of amides is 1. The Balaban J connectivity index is 0.000000216. The first-order valence-corrected chi connectivity index (χ1v) is 19.3. The molecule has 1 aliphatic rings. The average molecular weight is 1030 g/mol. The van der Waals surface area contributed by atoms with Crippen molar-refractivity contribution in [2.45, 2.75) is 56.3 Å². The Kier molecular flexibility index (Phi) is 13.2. The number of carboxylic acid groups (broad SMARTS) is 1. The number of carboxylic acids is 1. The number of aryl methyl sites for hydroxylation is 2. The molecule has 1 saturated carbocycles. The number of nitrogens with zero attached hydrogens (tertiary/aromatic N) is 10. The fourth-order valence-electron chi connectivity index (χ4n) is 5.31. The minimum Gasteiger partial charge on any atom is -0.478 e. The molecule has 6 heterocycles. The number of rotatable bonds is 13. The second kappa shape index (κ2) is 17.6. The van der Waals surface area contributed by atoms with Gasteiger partial charge in [-0.05, 0) is 25.0 Å². The standard InChI is InChI=1S/C17H12ClF7N6O2S.C14H7ClF7N5O3S/c1-30-14(10(33-15(19)20)11(28-30)16(21,22)17(23,24)25)31-5-8(27-29-31)9-4-7(12(18)34-9)13(32)26-6-2-3-6;1-26-10(7(30-12(16)17)8(24-26)13(18,19)14(20,21)22)27-3-5(23-25-27)6-2-4(11(28)29)9(15)31-6/h4-6,15H,2-3H2,1H3,(H,26,32);2-3,12H,1H3,(H,28,29). The van der Waals surface area contributed by atoms with Crippen molar-refractivity contribution in [1.82, 2.24) is 54.9 Å². The van der Waals surface area contributed by atoms with E-state index in [0.29, 0.717) is 23.6 Å². The van der Waals surface area contributed by atoms with Crippen LogP contribution in [0.5, 0.6) is 11.5 Å². The molecule has 7 rings (SSSR count). The van der Waals surface area contributed by atoms with Crippen molar-refractivity contribution in [3.05, 3.63) is 55.7 Å². The first kappa shape index (κ1) is 48.7. The fraction of sp³-hybridized carbons (Fsp3) is 0.355. The lowest BCUT2D eigenvalue weighted by atomic mass is 10.2. The number of carbonyl (C=O) groups excluding carboxylic acids is 1. The van der Waals surface area contributed by atoms with Crippen molar-refractivity contribution in [2.24, 2.45) is 14.1 Å². The van der Waals surface area contributed by atoms with Gasteiger partial charge in [0, 0.05) is 20.1 Å². The molecule has 0 atom stereocenters. The summed E-state index contributed by atoms with van der Waals surface area (Å²) in [4.78, 5) is 23.8. The predicted molar refractivity (Wildman–Crippen MR) is 194 cm³/mol. The van der Waals surface area contributed by atoms with E-state index in [1.54, 1.807) is 0 Å². The second-order valence-corrected chi connectivity index (χ2v) is 16.2. The third-order valence-corrected chi connectivity index (χ3v) is 11.1. The minimum absolute atomic E-state index is 0.0331.